The maximum atomic E-state index is 13.4. The molecule has 0 amide bonds. The van der Waals surface area contributed by atoms with Gasteiger partial charge in [0.2, 0.25) is 10.0 Å². The van der Waals surface area contributed by atoms with Crippen molar-refractivity contribution >= 4 is 10.0 Å². The number of likely N-dealkylation sites (N-methyl/N-ethyl adjacent to an activating group) is 1. The summed E-state index contributed by atoms with van der Waals surface area (Å²) in [6.07, 6.45) is -0.257. The predicted octanol–water partition coefficient (Wildman–Crippen LogP) is 2.56. The Morgan fingerprint density at radius 1 is 1.19 bits per heavy atom. The number of fused-ring (bicyclic) bond motifs is 1. The van der Waals surface area contributed by atoms with Crippen molar-refractivity contribution in [3.05, 3.63) is 59.4 Å². The molecule has 8 heteroatoms. The SMILES string of the molecule is C[C@@H]1CN([C@H](C)CO)S(=O)(=O)c2ccc(C#Cc3ccc(F)cc3)cc2O[C@H]1CN(C)C. The first kappa shape index (κ1) is 24.2. The van der Waals surface area contributed by atoms with Crippen LogP contribution in [0.1, 0.15) is 25.0 Å². The normalized spacial score (nSPS) is 21.5. The van der Waals surface area contributed by atoms with Crippen molar-refractivity contribution in [2.24, 2.45) is 5.92 Å². The molecule has 32 heavy (non-hydrogen) atoms. The van der Waals surface area contributed by atoms with Crippen LogP contribution in [-0.2, 0) is 10.0 Å². The number of sulfonamides is 1. The summed E-state index contributed by atoms with van der Waals surface area (Å²) in [7, 11) is -0.0111. The molecule has 0 aromatic heterocycles. The molecule has 0 radical (unpaired) electrons. The number of benzene rings is 2. The van der Waals surface area contributed by atoms with Crippen LogP contribution in [-0.4, -0.2) is 68.7 Å². The summed E-state index contributed by atoms with van der Waals surface area (Å²) in [5.41, 5.74) is 1.23. The predicted molar refractivity (Wildman–Crippen MR) is 121 cm³/mol. The van der Waals surface area contributed by atoms with Gasteiger partial charge in [-0.15, -0.1) is 0 Å². The van der Waals surface area contributed by atoms with E-state index >= 15 is 0 Å². The zero-order valence-corrected chi connectivity index (χ0v) is 19.6. The Kier molecular flexibility index (Phi) is 7.57. The van der Waals surface area contributed by atoms with Crippen molar-refractivity contribution in [2.45, 2.75) is 30.9 Å². The van der Waals surface area contributed by atoms with E-state index in [0.29, 0.717) is 17.7 Å². The minimum absolute atomic E-state index is 0.0563. The molecular formula is C24H29FN2O4S. The molecule has 0 unspecified atom stereocenters. The largest absolute Gasteiger partial charge is 0.487 e. The Balaban J connectivity index is 2.07. The zero-order chi connectivity index (χ0) is 23.5. The smallest absolute Gasteiger partial charge is 0.247 e. The molecule has 1 aliphatic heterocycles. The highest BCUT2D eigenvalue weighted by molar-refractivity contribution is 7.89. The molecular weight excluding hydrogens is 431 g/mol. The summed E-state index contributed by atoms with van der Waals surface area (Å²) in [5.74, 6) is 5.75. The molecule has 2 aromatic rings. The van der Waals surface area contributed by atoms with E-state index in [1.165, 1.54) is 22.5 Å². The number of halogens is 1. The van der Waals surface area contributed by atoms with Crippen LogP contribution in [0.5, 0.6) is 5.75 Å². The number of aliphatic hydroxyl groups is 1. The average Bonchev–Trinajstić information content (AvgIpc) is 2.75. The highest BCUT2D eigenvalue weighted by Crippen LogP contribution is 2.34. The number of hydrogen-bond donors (Lipinski definition) is 1. The number of aliphatic hydroxyl groups excluding tert-OH is 1. The summed E-state index contributed by atoms with van der Waals surface area (Å²) in [6, 6.07) is 10.0. The Hall–Kier alpha value is -2.44. The number of ether oxygens (including phenoxy) is 1. The Bertz CT molecular complexity index is 1110. The van der Waals surface area contributed by atoms with Gasteiger partial charge in [0.25, 0.3) is 0 Å². The van der Waals surface area contributed by atoms with E-state index in [2.05, 4.69) is 11.8 Å². The van der Waals surface area contributed by atoms with Gasteiger partial charge in [0.1, 0.15) is 22.6 Å². The minimum atomic E-state index is -3.88. The standard InChI is InChI=1S/C24H29FN2O4S/c1-17-14-27(18(2)16-28)32(29,30)24-12-9-20(6-5-19-7-10-21(25)11-8-19)13-22(24)31-23(17)15-26(3)4/h7-13,17-18,23,28H,14-16H2,1-4H3/t17-,18-,23+/m1/s1. The lowest BCUT2D eigenvalue weighted by molar-refractivity contribution is 0.0812. The van der Waals surface area contributed by atoms with Gasteiger partial charge in [0.05, 0.1) is 6.61 Å². The van der Waals surface area contributed by atoms with Crippen LogP contribution in [0.15, 0.2) is 47.4 Å². The second kappa shape index (κ2) is 10.0. The first-order valence-corrected chi connectivity index (χ1v) is 11.9. The summed E-state index contributed by atoms with van der Waals surface area (Å²) >= 11 is 0. The van der Waals surface area contributed by atoms with Gasteiger partial charge in [-0.25, -0.2) is 12.8 Å². The Morgan fingerprint density at radius 2 is 1.81 bits per heavy atom. The van der Waals surface area contributed by atoms with E-state index in [0.717, 1.165) is 0 Å². The summed E-state index contributed by atoms with van der Waals surface area (Å²) < 4.78 is 47.6. The first-order chi connectivity index (χ1) is 15.1. The van der Waals surface area contributed by atoms with Crippen molar-refractivity contribution in [1.29, 1.82) is 0 Å². The molecule has 6 nitrogen and oxygen atoms in total. The quantitative estimate of drug-likeness (QED) is 0.711. The molecule has 1 N–H and O–H groups in total. The molecule has 0 spiro atoms. The molecule has 0 saturated heterocycles. The molecule has 0 saturated carbocycles. The molecule has 1 heterocycles. The van der Waals surface area contributed by atoms with E-state index in [-0.39, 0.29) is 41.6 Å². The molecule has 0 fully saturated rings. The number of hydrogen-bond acceptors (Lipinski definition) is 5. The second-order valence-corrected chi connectivity index (χ2v) is 10.3. The number of rotatable bonds is 4. The van der Waals surface area contributed by atoms with Gasteiger partial charge in [0.15, 0.2) is 0 Å². The van der Waals surface area contributed by atoms with Crippen molar-refractivity contribution in [3.63, 3.8) is 0 Å². The van der Waals surface area contributed by atoms with Gasteiger partial charge in [-0.2, -0.15) is 4.31 Å². The van der Waals surface area contributed by atoms with E-state index in [4.69, 9.17) is 4.74 Å². The zero-order valence-electron chi connectivity index (χ0n) is 18.7. The van der Waals surface area contributed by atoms with Crippen LogP contribution in [0, 0.1) is 23.6 Å². The molecule has 3 atom stereocenters. The van der Waals surface area contributed by atoms with Crippen molar-refractivity contribution in [3.8, 4) is 17.6 Å². The van der Waals surface area contributed by atoms with Crippen LogP contribution < -0.4 is 4.74 Å². The molecule has 172 valence electrons. The van der Waals surface area contributed by atoms with E-state index < -0.39 is 16.1 Å². The van der Waals surface area contributed by atoms with Crippen molar-refractivity contribution in [1.82, 2.24) is 9.21 Å². The van der Waals surface area contributed by atoms with Crippen molar-refractivity contribution in [2.75, 3.05) is 33.8 Å². The third kappa shape index (κ3) is 5.48. The highest BCUT2D eigenvalue weighted by atomic mass is 32.2. The molecule has 2 aromatic carbocycles. The molecule has 1 aliphatic rings. The Morgan fingerprint density at radius 3 is 2.44 bits per heavy atom. The van der Waals surface area contributed by atoms with Gasteiger partial charge in [-0.1, -0.05) is 18.8 Å². The fourth-order valence-corrected chi connectivity index (χ4v) is 5.38. The third-order valence-corrected chi connectivity index (χ3v) is 7.43. The lowest BCUT2D eigenvalue weighted by Crippen LogP contribution is -2.49. The maximum absolute atomic E-state index is 13.4. The van der Waals surface area contributed by atoms with E-state index in [1.54, 1.807) is 31.2 Å². The van der Waals surface area contributed by atoms with Gasteiger partial charge in [-0.3, -0.25) is 0 Å². The first-order valence-electron chi connectivity index (χ1n) is 10.5. The van der Waals surface area contributed by atoms with Gasteiger partial charge in [-0.05, 0) is 63.5 Å². The molecule has 0 bridgehead atoms. The van der Waals surface area contributed by atoms with Crippen LogP contribution in [0.3, 0.4) is 0 Å². The van der Waals surface area contributed by atoms with Crippen LogP contribution >= 0.6 is 0 Å². The highest BCUT2D eigenvalue weighted by Gasteiger charge is 2.37. The van der Waals surface area contributed by atoms with Gasteiger partial charge >= 0.3 is 0 Å². The lowest BCUT2D eigenvalue weighted by Gasteiger charge is -2.37. The van der Waals surface area contributed by atoms with Gasteiger partial charge in [0, 0.05) is 36.2 Å². The Labute approximate surface area is 189 Å². The topological polar surface area (TPSA) is 70.1 Å². The van der Waals surface area contributed by atoms with Crippen molar-refractivity contribution < 1.29 is 22.7 Å². The summed E-state index contributed by atoms with van der Waals surface area (Å²) in [6.45, 7) is 4.21. The molecule has 3 rings (SSSR count). The average molecular weight is 461 g/mol. The second-order valence-electron chi connectivity index (χ2n) is 8.42. The minimum Gasteiger partial charge on any atom is -0.487 e. The monoisotopic (exact) mass is 460 g/mol. The summed E-state index contributed by atoms with van der Waals surface area (Å²) in [5, 5.41) is 9.68. The molecule has 0 aliphatic carbocycles. The third-order valence-electron chi connectivity index (χ3n) is 5.41. The number of nitrogens with zero attached hydrogens (tertiary/aromatic N) is 2. The lowest BCUT2D eigenvalue weighted by atomic mass is 10.0. The fraction of sp³-hybridized carbons (Fsp3) is 0.417. The van der Waals surface area contributed by atoms with E-state index in [9.17, 15) is 17.9 Å². The van der Waals surface area contributed by atoms with Crippen LogP contribution in [0.2, 0.25) is 0 Å². The van der Waals surface area contributed by atoms with Gasteiger partial charge < -0.3 is 14.7 Å². The fourth-order valence-electron chi connectivity index (χ4n) is 3.56. The van der Waals surface area contributed by atoms with Crippen LogP contribution in [0.4, 0.5) is 4.39 Å². The van der Waals surface area contributed by atoms with E-state index in [1.807, 2.05) is 25.9 Å². The van der Waals surface area contributed by atoms with Crippen LogP contribution in [0.25, 0.3) is 0 Å². The maximum Gasteiger partial charge on any atom is 0.247 e. The summed E-state index contributed by atoms with van der Waals surface area (Å²) in [4.78, 5) is 2.05.